The number of aromatic nitrogens is 1. The third-order valence-electron chi connectivity index (χ3n) is 3.54. The molecular weight excluding hydrogens is 238 g/mol. The van der Waals surface area contributed by atoms with Crippen LogP contribution in [0.1, 0.15) is 37.7 Å². The molecular formula is C15H23N3O. The molecule has 19 heavy (non-hydrogen) atoms. The van der Waals surface area contributed by atoms with E-state index in [1.807, 2.05) is 19.2 Å². The van der Waals surface area contributed by atoms with Crippen LogP contribution in [-0.2, 0) is 0 Å². The summed E-state index contributed by atoms with van der Waals surface area (Å²) in [6.07, 6.45) is 1.24. The van der Waals surface area contributed by atoms with Gasteiger partial charge in [-0.05, 0) is 44.2 Å². The summed E-state index contributed by atoms with van der Waals surface area (Å²) >= 11 is 0. The number of pyridine rings is 1. The number of carbonyl (C=O) groups is 1. The minimum absolute atomic E-state index is 0.00602. The van der Waals surface area contributed by atoms with E-state index in [0.717, 1.165) is 18.3 Å². The second-order valence-electron chi connectivity index (χ2n) is 5.87. The van der Waals surface area contributed by atoms with Crippen molar-refractivity contribution in [1.82, 2.24) is 9.88 Å². The lowest BCUT2D eigenvalue weighted by atomic mass is 10.2. The quantitative estimate of drug-likeness (QED) is 0.886. The Morgan fingerprint density at radius 2 is 2.21 bits per heavy atom. The average Bonchev–Trinajstić information content (AvgIpc) is 3.03. The van der Waals surface area contributed by atoms with Crippen LogP contribution in [-0.4, -0.2) is 35.4 Å². The lowest BCUT2D eigenvalue weighted by molar-refractivity contribution is 0.0781. The molecule has 0 bridgehead atoms. The van der Waals surface area contributed by atoms with Crippen LogP contribution in [0.25, 0.3) is 0 Å². The van der Waals surface area contributed by atoms with Crippen LogP contribution >= 0.6 is 0 Å². The Hall–Kier alpha value is -1.58. The Balaban J connectivity index is 2.01. The summed E-state index contributed by atoms with van der Waals surface area (Å²) in [5.41, 5.74) is 0.515. The standard InChI is InChI=1S/C15H23N3O/c1-10(2)16-14-7-5-6-13(17-14)15(19)18(4)9-12-8-11(12)3/h5-7,10-12H,8-9H2,1-4H3,(H,16,17). The molecule has 1 aliphatic carbocycles. The predicted octanol–water partition coefficient (Wildman–Crippen LogP) is 2.63. The Labute approximate surface area is 115 Å². The number of anilines is 1. The van der Waals surface area contributed by atoms with E-state index in [2.05, 4.69) is 31.1 Å². The van der Waals surface area contributed by atoms with Crippen molar-refractivity contribution in [3.63, 3.8) is 0 Å². The molecule has 4 nitrogen and oxygen atoms in total. The van der Waals surface area contributed by atoms with Gasteiger partial charge >= 0.3 is 0 Å². The van der Waals surface area contributed by atoms with E-state index in [1.165, 1.54) is 6.42 Å². The Kier molecular flexibility index (Phi) is 4.08. The number of nitrogens with one attached hydrogen (secondary N) is 1. The molecule has 2 atom stereocenters. The summed E-state index contributed by atoms with van der Waals surface area (Å²) in [4.78, 5) is 18.5. The van der Waals surface area contributed by atoms with Gasteiger partial charge < -0.3 is 10.2 Å². The van der Waals surface area contributed by atoms with E-state index < -0.39 is 0 Å². The lowest BCUT2D eigenvalue weighted by Crippen LogP contribution is -2.30. The second-order valence-corrected chi connectivity index (χ2v) is 5.87. The SMILES string of the molecule is CC(C)Nc1cccc(C(=O)N(C)CC2CC2C)n1. The van der Waals surface area contributed by atoms with Crippen LogP contribution in [0.3, 0.4) is 0 Å². The van der Waals surface area contributed by atoms with Crippen molar-refractivity contribution in [2.75, 3.05) is 18.9 Å². The first-order chi connectivity index (χ1) is 8.97. The van der Waals surface area contributed by atoms with Crippen molar-refractivity contribution in [2.45, 2.75) is 33.2 Å². The maximum atomic E-state index is 12.3. The first-order valence-corrected chi connectivity index (χ1v) is 6.96. The fourth-order valence-corrected chi connectivity index (χ4v) is 2.21. The third kappa shape index (κ3) is 3.69. The van der Waals surface area contributed by atoms with Crippen LogP contribution in [0.15, 0.2) is 18.2 Å². The van der Waals surface area contributed by atoms with E-state index in [1.54, 1.807) is 11.0 Å². The fourth-order valence-electron chi connectivity index (χ4n) is 2.21. The molecule has 1 heterocycles. The van der Waals surface area contributed by atoms with Crippen molar-refractivity contribution in [3.8, 4) is 0 Å². The molecule has 0 radical (unpaired) electrons. The fraction of sp³-hybridized carbons (Fsp3) is 0.600. The van der Waals surface area contributed by atoms with Gasteiger partial charge in [-0.3, -0.25) is 4.79 Å². The number of hydrogen-bond acceptors (Lipinski definition) is 3. The largest absolute Gasteiger partial charge is 0.368 e. The van der Waals surface area contributed by atoms with E-state index in [9.17, 15) is 4.79 Å². The normalized spacial score (nSPS) is 21.3. The molecule has 1 amide bonds. The van der Waals surface area contributed by atoms with Gasteiger partial charge in [0.05, 0.1) is 0 Å². The molecule has 0 spiro atoms. The molecule has 0 aromatic carbocycles. The molecule has 1 aromatic rings. The number of hydrogen-bond donors (Lipinski definition) is 1. The van der Waals surface area contributed by atoms with Crippen molar-refractivity contribution in [3.05, 3.63) is 23.9 Å². The van der Waals surface area contributed by atoms with Gasteiger partial charge in [0, 0.05) is 19.6 Å². The van der Waals surface area contributed by atoms with E-state index >= 15 is 0 Å². The molecule has 1 saturated carbocycles. The molecule has 2 rings (SSSR count). The molecule has 1 N–H and O–H groups in total. The first kappa shape index (κ1) is 13.8. The Bertz CT molecular complexity index is 458. The highest BCUT2D eigenvalue weighted by Crippen LogP contribution is 2.38. The molecule has 1 fully saturated rings. The number of carbonyl (C=O) groups excluding carboxylic acids is 1. The maximum absolute atomic E-state index is 12.3. The van der Waals surface area contributed by atoms with Crippen LogP contribution in [0.4, 0.5) is 5.82 Å². The van der Waals surface area contributed by atoms with Gasteiger partial charge in [-0.25, -0.2) is 4.98 Å². The molecule has 0 aliphatic heterocycles. The molecule has 0 saturated heterocycles. The summed E-state index contributed by atoms with van der Waals surface area (Å²) in [5, 5.41) is 3.22. The van der Waals surface area contributed by atoms with Crippen molar-refractivity contribution in [1.29, 1.82) is 0 Å². The number of rotatable bonds is 5. The maximum Gasteiger partial charge on any atom is 0.272 e. The number of nitrogens with zero attached hydrogens (tertiary/aromatic N) is 2. The van der Waals surface area contributed by atoms with E-state index in [-0.39, 0.29) is 5.91 Å². The van der Waals surface area contributed by atoms with Gasteiger partial charge in [-0.2, -0.15) is 0 Å². The van der Waals surface area contributed by atoms with Gasteiger partial charge in [0.2, 0.25) is 0 Å². The zero-order valence-electron chi connectivity index (χ0n) is 12.2. The summed E-state index contributed by atoms with van der Waals surface area (Å²) < 4.78 is 0. The Morgan fingerprint density at radius 1 is 1.53 bits per heavy atom. The summed E-state index contributed by atoms with van der Waals surface area (Å²) in [6, 6.07) is 5.85. The summed E-state index contributed by atoms with van der Waals surface area (Å²) in [6.45, 7) is 7.17. The monoisotopic (exact) mass is 261 g/mol. The van der Waals surface area contributed by atoms with Gasteiger partial charge in [0.15, 0.2) is 0 Å². The molecule has 104 valence electrons. The highest BCUT2D eigenvalue weighted by atomic mass is 16.2. The molecule has 1 aliphatic rings. The highest BCUT2D eigenvalue weighted by molar-refractivity contribution is 5.92. The second kappa shape index (κ2) is 5.59. The zero-order chi connectivity index (χ0) is 14.0. The molecule has 2 unspecified atom stereocenters. The van der Waals surface area contributed by atoms with Crippen LogP contribution in [0.5, 0.6) is 0 Å². The smallest absolute Gasteiger partial charge is 0.272 e. The van der Waals surface area contributed by atoms with Gasteiger partial charge in [0.1, 0.15) is 11.5 Å². The van der Waals surface area contributed by atoms with Crippen LogP contribution < -0.4 is 5.32 Å². The van der Waals surface area contributed by atoms with Crippen LogP contribution in [0.2, 0.25) is 0 Å². The summed E-state index contributed by atoms with van der Waals surface area (Å²) in [7, 11) is 1.86. The highest BCUT2D eigenvalue weighted by Gasteiger charge is 2.34. The van der Waals surface area contributed by atoms with E-state index in [4.69, 9.17) is 0 Å². The van der Waals surface area contributed by atoms with Gasteiger partial charge in [-0.1, -0.05) is 13.0 Å². The van der Waals surface area contributed by atoms with Crippen molar-refractivity contribution < 1.29 is 4.79 Å². The predicted molar refractivity (Wildman–Crippen MR) is 77.2 cm³/mol. The number of amides is 1. The van der Waals surface area contributed by atoms with Crippen LogP contribution in [0, 0.1) is 11.8 Å². The minimum atomic E-state index is 0.00602. The molecule has 1 aromatic heterocycles. The third-order valence-corrected chi connectivity index (χ3v) is 3.54. The summed E-state index contributed by atoms with van der Waals surface area (Å²) in [5.74, 6) is 2.20. The minimum Gasteiger partial charge on any atom is -0.368 e. The van der Waals surface area contributed by atoms with Gasteiger partial charge in [-0.15, -0.1) is 0 Å². The lowest BCUT2D eigenvalue weighted by Gasteiger charge is -2.17. The zero-order valence-corrected chi connectivity index (χ0v) is 12.2. The first-order valence-electron chi connectivity index (χ1n) is 6.96. The van der Waals surface area contributed by atoms with Crippen molar-refractivity contribution in [2.24, 2.45) is 11.8 Å². The topological polar surface area (TPSA) is 45.2 Å². The molecule has 4 heteroatoms. The average molecular weight is 261 g/mol. The van der Waals surface area contributed by atoms with E-state index in [0.29, 0.717) is 17.7 Å². The Morgan fingerprint density at radius 3 is 2.79 bits per heavy atom. The van der Waals surface area contributed by atoms with Crippen molar-refractivity contribution >= 4 is 11.7 Å². The van der Waals surface area contributed by atoms with Gasteiger partial charge in [0.25, 0.3) is 5.91 Å².